The Morgan fingerprint density at radius 3 is 2.11 bits per heavy atom. The summed E-state index contributed by atoms with van der Waals surface area (Å²) in [6, 6.07) is 3.25. The molecule has 0 spiro atoms. The fourth-order valence-corrected chi connectivity index (χ4v) is 4.92. The topological polar surface area (TPSA) is 92.4 Å². The van der Waals surface area contributed by atoms with Gasteiger partial charge in [0.05, 0.1) is 27.0 Å². The van der Waals surface area contributed by atoms with Crippen LogP contribution in [0.3, 0.4) is 0 Å². The highest BCUT2D eigenvalue weighted by Gasteiger charge is 2.25. The number of anilines is 1. The van der Waals surface area contributed by atoms with Crippen molar-refractivity contribution in [3.63, 3.8) is 0 Å². The Kier molecular flexibility index (Phi) is 10.8. The van der Waals surface area contributed by atoms with Gasteiger partial charge in [-0.15, -0.1) is 0 Å². The molecule has 2 N–H and O–H groups in total. The number of benzene rings is 1. The molecule has 1 aromatic carbocycles. The van der Waals surface area contributed by atoms with Crippen LogP contribution in [0.1, 0.15) is 51.4 Å². The SMILES string of the molecule is COc1cc(NC(=O)N2CCC(CC(=O)NCCCN3CCCCCC3)CC2)cc(OC)c1OC. The minimum Gasteiger partial charge on any atom is -0.493 e. The van der Waals surface area contributed by atoms with Crippen molar-refractivity contribution in [2.24, 2.45) is 5.92 Å². The highest BCUT2D eigenvalue weighted by atomic mass is 16.5. The normalized spacial score (nSPS) is 17.4. The van der Waals surface area contributed by atoms with Crippen LogP contribution in [0, 0.1) is 5.92 Å². The number of likely N-dealkylation sites (tertiary alicyclic amines) is 2. The highest BCUT2D eigenvalue weighted by molar-refractivity contribution is 5.90. The zero-order chi connectivity index (χ0) is 25.0. The molecule has 9 heteroatoms. The van der Waals surface area contributed by atoms with Crippen molar-refractivity contribution in [1.82, 2.24) is 15.1 Å². The molecule has 0 bridgehead atoms. The van der Waals surface area contributed by atoms with Gasteiger partial charge in [-0.1, -0.05) is 12.8 Å². The first-order valence-corrected chi connectivity index (χ1v) is 12.9. The van der Waals surface area contributed by atoms with Crippen LogP contribution in [0.2, 0.25) is 0 Å². The predicted octanol–water partition coefficient (Wildman–Crippen LogP) is 3.73. The van der Waals surface area contributed by atoms with Crippen LogP contribution in [0.25, 0.3) is 0 Å². The first-order chi connectivity index (χ1) is 17.0. The molecule has 0 atom stereocenters. The van der Waals surface area contributed by atoms with Gasteiger partial charge in [-0.3, -0.25) is 4.79 Å². The number of carbonyl (C=O) groups excluding carboxylic acids is 2. The lowest BCUT2D eigenvalue weighted by Gasteiger charge is -2.32. The molecule has 35 heavy (non-hydrogen) atoms. The lowest BCUT2D eigenvalue weighted by atomic mass is 9.93. The summed E-state index contributed by atoms with van der Waals surface area (Å²) in [4.78, 5) is 29.5. The summed E-state index contributed by atoms with van der Waals surface area (Å²) in [6.07, 6.45) is 8.47. The van der Waals surface area contributed by atoms with Crippen molar-refractivity contribution in [2.45, 2.75) is 51.4 Å². The van der Waals surface area contributed by atoms with Gasteiger partial charge in [-0.25, -0.2) is 4.79 Å². The van der Waals surface area contributed by atoms with E-state index in [9.17, 15) is 9.59 Å². The van der Waals surface area contributed by atoms with Crippen molar-refractivity contribution in [1.29, 1.82) is 0 Å². The Balaban J connectivity index is 1.37. The molecule has 2 fully saturated rings. The summed E-state index contributed by atoms with van der Waals surface area (Å²) in [7, 11) is 4.62. The minimum atomic E-state index is -0.171. The molecule has 2 saturated heterocycles. The van der Waals surface area contributed by atoms with E-state index in [1.807, 2.05) is 0 Å². The van der Waals surface area contributed by atoms with Gasteiger partial charge in [-0.2, -0.15) is 0 Å². The van der Waals surface area contributed by atoms with Gasteiger partial charge in [0, 0.05) is 38.2 Å². The van der Waals surface area contributed by atoms with Crippen molar-refractivity contribution in [2.75, 3.05) is 65.9 Å². The second-order valence-electron chi connectivity index (χ2n) is 9.44. The van der Waals surface area contributed by atoms with Crippen LogP contribution in [-0.2, 0) is 4.79 Å². The Hall–Kier alpha value is -2.68. The molecule has 196 valence electrons. The van der Waals surface area contributed by atoms with Crippen LogP contribution in [0.5, 0.6) is 17.2 Å². The molecule has 2 aliphatic heterocycles. The van der Waals surface area contributed by atoms with Crippen molar-refractivity contribution in [3.05, 3.63) is 12.1 Å². The van der Waals surface area contributed by atoms with Crippen molar-refractivity contribution in [3.8, 4) is 17.2 Å². The number of nitrogens with one attached hydrogen (secondary N) is 2. The summed E-state index contributed by atoms with van der Waals surface area (Å²) in [5.41, 5.74) is 0.575. The number of piperidine rings is 1. The Bertz CT molecular complexity index is 793. The fraction of sp³-hybridized carbons (Fsp3) is 0.692. The van der Waals surface area contributed by atoms with Crippen LogP contribution >= 0.6 is 0 Å². The van der Waals surface area contributed by atoms with Gasteiger partial charge in [-0.05, 0) is 57.7 Å². The molecular weight excluding hydrogens is 448 g/mol. The van der Waals surface area contributed by atoms with E-state index in [4.69, 9.17) is 14.2 Å². The molecule has 0 aliphatic carbocycles. The Morgan fingerprint density at radius 1 is 0.914 bits per heavy atom. The molecular formula is C26H42N4O5. The lowest BCUT2D eigenvalue weighted by Crippen LogP contribution is -2.42. The van der Waals surface area contributed by atoms with E-state index in [0.717, 1.165) is 32.4 Å². The van der Waals surface area contributed by atoms with Gasteiger partial charge in [0.25, 0.3) is 0 Å². The van der Waals surface area contributed by atoms with Crippen LogP contribution in [0.4, 0.5) is 10.5 Å². The van der Waals surface area contributed by atoms with E-state index >= 15 is 0 Å². The Labute approximate surface area is 209 Å². The zero-order valence-corrected chi connectivity index (χ0v) is 21.6. The number of amides is 3. The van der Waals surface area contributed by atoms with E-state index in [1.165, 1.54) is 38.8 Å². The van der Waals surface area contributed by atoms with Crippen molar-refractivity contribution >= 4 is 17.6 Å². The van der Waals surface area contributed by atoms with E-state index in [0.29, 0.717) is 48.4 Å². The fourth-order valence-electron chi connectivity index (χ4n) is 4.92. The largest absolute Gasteiger partial charge is 0.493 e. The minimum absolute atomic E-state index is 0.126. The third kappa shape index (κ3) is 8.19. The molecule has 1 aromatic rings. The van der Waals surface area contributed by atoms with E-state index < -0.39 is 0 Å². The van der Waals surface area contributed by atoms with Crippen LogP contribution in [-0.4, -0.2) is 82.3 Å². The van der Waals surface area contributed by atoms with Crippen molar-refractivity contribution < 1.29 is 23.8 Å². The monoisotopic (exact) mass is 490 g/mol. The van der Waals surface area contributed by atoms with Gasteiger partial charge in [0.2, 0.25) is 11.7 Å². The summed E-state index contributed by atoms with van der Waals surface area (Å²) >= 11 is 0. The maximum absolute atomic E-state index is 12.8. The Morgan fingerprint density at radius 2 is 1.54 bits per heavy atom. The van der Waals surface area contributed by atoms with E-state index in [1.54, 1.807) is 38.4 Å². The number of carbonyl (C=O) groups is 2. The first-order valence-electron chi connectivity index (χ1n) is 12.9. The highest BCUT2D eigenvalue weighted by Crippen LogP contribution is 2.40. The van der Waals surface area contributed by atoms with Gasteiger partial charge in [0.1, 0.15) is 0 Å². The summed E-state index contributed by atoms with van der Waals surface area (Å²) in [5.74, 6) is 1.89. The summed E-state index contributed by atoms with van der Waals surface area (Å²) in [5, 5.41) is 6.01. The maximum atomic E-state index is 12.8. The predicted molar refractivity (Wildman–Crippen MR) is 137 cm³/mol. The molecule has 3 amide bonds. The third-order valence-electron chi connectivity index (χ3n) is 6.96. The number of ether oxygens (including phenoxy) is 3. The molecule has 0 radical (unpaired) electrons. The van der Waals surface area contributed by atoms with Gasteiger partial charge < -0.3 is 34.6 Å². The average molecular weight is 491 g/mol. The molecule has 0 unspecified atom stereocenters. The van der Waals surface area contributed by atoms with Crippen LogP contribution < -0.4 is 24.8 Å². The third-order valence-corrected chi connectivity index (χ3v) is 6.96. The van der Waals surface area contributed by atoms with Gasteiger partial charge >= 0.3 is 6.03 Å². The number of urea groups is 1. The molecule has 2 aliphatic rings. The molecule has 0 aromatic heterocycles. The number of hydrogen-bond acceptors (Lipinski definition) is 6. The summed E-state index contributed by atoms with van der Waals surface area (Å²) < 4.78 is 16.0. The number of hydrogen-bond donors (Lipinski definition) is 2. The maximum Gasteiger partial charge on any atom is 0.321 e. The smallest absolute Gasteiger partial charge is 0.321 e. The molecule has 2 heterocycles. The zero-order valence-electron chi connectivity index (χ0n) is 21.6. The second-order valence-corrected chi connectivity index (χ2v) is 9.44. The molecule has 3 rings (SSSR count). The van der Waals surface area contributed by atoms with Gasteiger partial charge in [0.15, 0.2) is 11.5 Å². The van der Waals surface area contributed by atoms with E-state index in [-0.39, 0.29) is 11.9 Å². The van der Waals surface area contributed by atoms with Crippen LogP contribution in [0.15, 0.2) is 12.1 Å². The summed E-state index contributed by atoms with van der Waals surface area (Å²) in [6.45, 7) is 5.46. The molecule has 9 nitrogen and oxygen atoms in total. The number of rotatable bonds is 10. The molecule has 0 saturated carbocycles. The average Bonchev–Trinajstić information content (AvgIpc) is 3.15. The number of methoxy groups -OCH3 is 3. The van der Waals surface area contributed by atoms with E-state index in [2.05, 4.69) is 15.5 Å². The number of nitrogens with zero attached hydrogens (tertiary/aromatic N) is 2. The quantitative estimate of drug-likeness (QED) is 0.486. The standard InChI is InChI=1S/C26H42N4O5/c1-33-22-18-21(19-23(34-2)25(22)35-3)28-26(32)30-15-9-20(10-16-30)17-24(31)27-11-8-14-29-12-6-4-5-7-13-29/h18-20H,4-17H2,1-3H3,(H,27,31)(H,28,32). The second kappa shape index (κ2) is 14.0. The first kappa shape index (κ1) is 26.9. The lowest BCUT2D eigenvalue weighted by molar-refractivity contribution is -0.122.